The van der Waals surface area contributed by atoms with Crippen LogP contribution >= 0.6 is 0 Å². The van der Waals surface area contributed by atoms with Gasteiger partial charge in [0.05, 0.1) is 4.90 Å². The van der Waals surface area contributed by atoms with E-state index in [4.69, 9.17) is 0 Å². The van der Waals surface area contributed by atoms with E-state index in [0.717, 1.165) is 29.8 Å². The van der Waals surface area contributed by atoms with Crippen LogP contribution < -0.4 is 10.0 Å². The second-order valence-electron chi connectivity index (χ2n) is 6.36. The van der Waals surface area contributed by atoms with Gasteiger partial charge < -0.3 is 10.2 Å². The van der Waals surface area contributed by atoms with Crippen LogP contribution in [0.3, 0.4) is 0 Å². The first-order valence-electron chi connectivity index (χ1n) is 8.75. The zero-order valence-electron chi connectivity index (χ0n) is 15.9. The molecular weight excluding hydrogens is 423 g/mol. The number of benzene rings is 2. The third-order valence-electron chi connectivity index (χ3n) is 4.00. The highest BCUT2D eigenvalue weighted by atomic mass is 32.2. The maximum absolute atomic E-state index is 12.3. The Morgan fingerprint density at radius 1 is 1.00 bits per heavy atom. The largest absolute Gasteiger partial charge is 0.471 e. The van der Waals surface area contributed by atoms with Crippen LogP contribution in [0.1, 0.15) is 12.0 Å². The summed E-state index contributed by atoms with van der Waals surface area (Å²) in [7, 11) is -2.36. The van der Waals surface area contributed by atoms with Crippen molar-refractivity contribution in [2.24, 2.45) is 0 Å². The van der Waals surface area contributed by atoms with Gasteiger partial charge in [0.15, 0.2) is 0 Å². The molecule has 0 aromatic heterocycles. The van der Waals surface area contributed by atoms with Crippen LogP contribution in [-0.4, -0.2) is 44.9 Å². The lowest BCUT2D eigenvalue weighted by Gasteiger charge is -2.17. The van der Waals surface area contributed by atoms with Crippen molar-refractivity contribution in [3.8, 4) is 0 Å². The Morgan fingerprint density at radius 2 is 1.60 bits per heavy atom. The van der Waals surface area contributed by atoms with E-state index < -0.39 is 22.1 Å². The summed E-state index contributed by atoms with van der Waals surface area (Å²) in [6.07, 6.45) is -5.12. The highest BCUT2D eigenvalue weighted by Crippen LogP contribution is 2.19. The van der Waals surface area contributed by atoms with Crippen molar-refractivity contribution in [1.82, 2.24) is 9.62 Å². The molecule has 162 valence electrons. The lowest BCUT2D eigenvalue weighted by atomic mass is 10.2. The zero-order chi connectivity index (χ0) is 22.4. The number of carbonyl (C=O) groups excluding carboxylic acids is 2. The number of rotatable bonds is 8. The molecule has 0 heterocycles. The minimum atomic E-state index is -5.05. The molecule has 0 fully saturated rings. The molecule has 0 unspecified atom stereocenters. The van der Waals surface area contributed by atoms with Crippen LogP contribution in [0.15, 0.2) is 59.5 Å². The third kappa shape index (κ3) is 6.85. The molecule has 0 aliphatic carbocycles. The minimum Gasteiger partial charge on any atom is -0.341 e. The average molecular weight is 443 g/mol. The predicted molar refractivity (Wildman–Crippen MR) is 104 cm³/mol. The number of hydrogen-bond acceptors (Lipinski definition) is 4. The molecule has 2 aromatic carbocycles. The van der Waals surface area contributed by atoms with E-state index in [1.54, 1.807) is 12.4 Å². The smallest absolute Gasteiger partial charge is 0.341 e. The number of sulfonamides is 1. The van der Waals surface area contributed by atoms with Crippen molar-refractivity contribution in [1.29, 1.82) is 0 Å². The number of halogens is 3. The van der Waals surface area contributed by atoms with Gasteiger partial charge in [0.1, 0.15) is 0 Å². The lowest BCUT2D eigenvalue weighted by Crippen LogP contribution is -2.32. The summed E-state index contributed by atoms with van der Waals surface area (Å²) in [5.74, 6) is -2.42. The molecular formula is C19H20F3N3O4S. The van der Waals surface area contributed by atoms with Crippen molar-refractivity contribution in [3.05, 3.63) is 60.2 Å². The number of nitrogens with one attached hydrogen (secondary N) is 2. The van der Waals surface area contributed by atoms with Gasteiger partial charge in [0.25, 0.3) is 0 Å². The van der Waals surface area contributed by atoms with Crippen LogP contribution in [0.2, 0.25) is 0 Å². The Kier molecular flexibility index (Phi) is 7.57. The molecule has 30 heavy (non-hydrogen) atoms. The molecule has 2 rings (SSSR count). The van der Waals surface area contributed by atoms with Crippen LogP contribution in [0, 0.1) is 0 Å². The Bertz CT molecular complexity index is 978. The van der Waals surface area contributed by atoms with Crippen LogP contribution in [0.4, 0.5) is 18.9 Å². The quantitative estimate of drug-likeness (QED) is 0.656. The van der Waals surface area contributed by atoms with E-state index in [-0.39, 0.29) is 29.5 Å². The summed E-state index contributed by atoms with van der Waals surface area (Å²) in [5.41, 5.74) is 0.737. The summed E-state index contributed by atoms with van der Waals surface area (Å²) >= 11 is 0. The first-order chi connectivity index (χ1) is 14.0. The number of carbonyl (C=O) groups is 2. The van der Waals surface area contributed by atoms with Gasteiger partial charge in [-0.05, 0) is 29.8 Å². The van der Waals surface area contributed by atoms with Gasteiger partial charge in [-0.3, -0.25) is 9.59 Å². The Labute approximate surface area is 171 Å². The normalized spacial score (nSPS) is 11.7. The van der Waals surface area contributed by atoms with Crippen LogP contribution in [0.5, 0.6) is 0 Å². The van der Waals surface area contributed by atoms with Gasteiger partial charge in [-0.25, -0.2) is 13.1 Å². The number of nitrogens with zero attached hydrogens (tertiary/aromatic N) is 1. The monoisotopic (exact) mass is 443 g/mol. The van der Waals surface area contributed by atoms with Crippen LogP contribution in [-0.2, 0) is 26.2 Å². The lowest BCUT2D eigenvalue weighted by molar-refractivity contribution is -0.167. The standard InChI is InChI=1S/C19H20F3N3O4S/c1-25(13-14-5-3-2-4-6-14)17(26)11-12-23-30(28,29)16-9-7-15(8-10-16)24-18(27)19(20,21)22/h2-10,23H,11-13H2,1H3,(H,24,27). The fourth-order valence-electron chi connectivity index (χ4n) is 2.43. The molecule has 2 aromatic rings. The van der Waals surface area contributed by atoms with E-state index in [0.29, 0.717) is 6.54 Å². The third-order valence-corrected chi connectivity index (χ3v) is 5.48. The molecule has 0 atom stereocenters. The van der Waals surface area contributed by atoms with E-state index in [1.165, 1.54) is 4.90 Å². The number of anilines is 1. The van der Waals surface area contributed by atoms with Crippen molar-refractivity contribution in [3.63, 3.8) is 0 Å². The first-order valence-corrected chi connectivity index (χ1v) is 10.2. The molecule has 0 aliphatic heterocycles. The average Bonchev–Trinajstić information content (AvgIpc) is 2.68. The maximum Gasteiger partial charge on any atom is 0.471 e. The molecule has 11 heteroatoms. The highest BCUT2D eigenvalue weighted by Gasteiger charge is 2.38. The topological polar surface area (TPSA) is 95.6 Å². The molecule has 0 radical (unpaired) electrons. The predicted octanol–water partition coefficient (Wildman–Crippen LogP) is 2.51. The molecule has 0 spiro atoms. The van der Waals surface area contributed by atoms with Crippen molar-refractivity contribution >= 4 is 27.5 Å². The van der Waals surface area contributed by atoms with Gasteiger partial charge in [-0.15, -0.1) is 0 Å². The van der Waals surface area contributed by atoms with Gasteiger partial charge in [-0.1, -0.05) is 30.3 Å². The maximum atomic E-state index is 12.3. The van der Waals surface area contributed by atoms with Crippen molar-refractivity contribution < 1.29 is 31.2 Å². The van der Waals surface area contributed by atoms with E-state index in [2.05, 4.69) is 4.72 Å². The van der Waals surface area contributed by atoms with Crippen molar-refractivity contribution in [2.75, 3.05) is 18.9 Å². The van der Waals surface area contributed by atoms with Gasteiger partial charge in [-0.2, -0.15) is 13.2 Å². The Hall–Kier alpha value is -2.92. The second kappa shape index (κ2) is 9.72. The van der Waals surface area contributed by atoms with Gasteiger partial charge in [0, 0.05) is 32.2 Å². The summed E-state index contributed by atoms with van der Waals surface area (Å²) in [6.45, 7) is 0.240. The highest BCUT2D eigenvalue weighted by molar-refractivity contribution is 7.89. The molecule has 0 bridgehead atoms. The fourth-order valence-corrected chi connectivity index (χ4v) is 3.46. The van der Waals surface area contributed by atoms with Crippen LogP contribution in [0.25, 0.3) is 0 Å². The Balaban J connectivity index is 1.87. The molecule has 2 N–H and O–H groups in total. The van der Waals surface area contributed by atoms with Gasteiger partial charge >= 0.3 is 12.1 Å². The minimum absolute atomic E-state index is 0.0672. The SMILES string of the molecule is CN(Cc1ccccc1)C(=O)CCNS(=O)(=O)c1ccc(NC(=O)C(F)(F)F)cc1. The summed E-state index contributed by atoms with van der Waals surface area (Å²) in [5, 5.41) is 1.62. The second-order valence-corrected chi connectivity index (χ2v) is 8.13. The first kappa shape index (κ1) is 23.4. The molecule has 0 saturated carbocycles. The summed E-state index contributed by atoms with van der Waals surface area (Å²) < 4.78 is 63.5. The van der Waals surface area contributed by atoms with E-state index in [1.807, 2.05) is 30.3 Å². The summed E-state index contributed by atoms with van der Waals surface area (Å²) in [6, 6.07) is 13.5. The van der Waals surface area contributed by atoms with Gasteiger partial charge in [0.2, 0.25) is 15.9 Å². The number of amides is 2. The number of alkyl halides is 3. The fraction of sp³-hybridized carbons (Fsp3) is 0.263. The zero-order valence-corrected chi connectivity index (χ0v) is 16.8. The van der Waals surface area contributed by atoms with Crippen molar-refractivity contribution in [2.45, 2.75) is 24.0 Å². The summed E-state index contributed by atoms with van der Waals surface area (Å²) in [4.78, 5) is 24.3. The van der Waals surface area contributed by atoms with E-state index >= 15 is 0 Å². The molecule has 2 amide bonds. The molecule has 0 saturated heterocycles. The Morgan fingerprint density at radius 3 is 2.17 bits per heavy atom. The molecule has 0 aliphatic rings. The van der Waals surface area contributed by atoms with E-state index in [9.17, 15) is 31.2 Å². The number of hydrogen-bond donors (Lipinski definition) is 2. The molecule has 7 nitrogen and oxygen atoms in total.